The predicted octanol–water partition coefficient (Wildman–Crippen LogP) is 2.32. The smallest absolute Gasteiger partial charge is 0.118 e. The molecule has 0 aliphatic carbocycles. The first-order chi connectivity index (χ1) is 8.20. The van der Waals surface area contributed by atoms with Gasteiger partial charge in [0.2, 0.25) is 0 Å². The van der Waals surface area contributed by atoms with Gasteiger partial charge < -0.3 is 4.74 Å². The van der Waals surface area contributed by atoms with Gasteiger partial charge in [0.1, 0.15) is 5.75 Å². The van der Waals surface area contributed by atoms with Crippen LogP contribution in [0, 0.1) is 0 Å². The lowest BCUT2D eigenvalue weighted by Crippen LogP contribution is -2.35. The third-order valence-electron chi connectivity index (χ3n) is 2.37. The van der Waals surface area contributed by atoms with E-state index in [2.05, 4.69) is 5.53 Å². The van der Waals surface area contributed by atoms with Gasteiger partial charge in [0.25, 0.3) is 0 Å². The van der Waals surface area contributed by atoms with Crippen molar-refractivity contribution in [3.63, 3.8) is 0 Å². The van der Waals surface area contributed by atoms with E-state index in [0.717, 1.165) is 17.0 Å². The molecule has 1 aromatic carbocycles. The van der Waals surface area contributed by atoms with Gasteiger partial charge >= 0.3 is 0 Å². The molecule has 0 unspecified atom stereocenters. The van der Waals surface area contributed by atoms with Crippen LogP contribution in [-0.2, 0) is 0 Å². The number of hydrazine groups is 2. The Bertz CT molecular complexity index is 373. The minimum atomic E-state index is 0.876. The van der Waals surface area contributed by atoms with Crippen LogP contribution in [0.4, 0.5) is 0 Å². The minimum Gasteiger partial charge on any atom is -0.497 e. The second-order valence-electron chi connectivity index (χ2n) is 3.51. The third kappa shape index (κ3) is 3.14. The Labute approximate surface area is 103 Å². The molecular weight excluding hydrogens is 214 g/mol. The molecule has 0 radical (unpaired) electrons. The number of hydrogen-bond donors (Lipinski definition) is 1. The standard InChI is InChI=1S/C11H15N3O.C2H6/c1-13-8-11(14(2)12-13)9-4-6-10(15-3)7-5-9;1-2/h4-8,12H,1-3H3;1-2H3. The monoisotopic (exact) mass is 235 g/mol. The van der Waals surface area contributed by atoms with E-state index in [9.17, 15) is 0 Å². The highest BCUT2D eigenvalue weighted by atomic mass is 16.5. The summed E-state index contributed by atoms with van der Waals surface area (Å²) in [6, 6.07) is 8.01. The maximum Gasteiger partial charge on any atom is 0.118 e. The van der Waals surface area contributed by atoms with Crippen molar-refractivity contribution in [2.24, 2.45) is 0 Å². The molecule has 0 saturated heterocycles. The van der Waals surface area contributed by atoms with Gasteiger partial charge in [-0.1, -0.05) is 13.8 Å². The van der Waals surface area contributed by atoms with E-state index in [1.54, 1.807) is 7.11 Å². The molecule has 0 spiro atoms. The Balaban J connectivity index is 0.000000686. The SMILES string of the molecule is CC.COc1ccc(C2=CN(C)NN2C)cc1. The number of nitrogens with one attached hydrogen (secondary N) is 1. The molecule has 94 valence electrons. The molecule has 0 amide bonds. The van der Waals surface area contributed by atoms with Gasteiger partial charge in [-0.15, -0.1) is 5.53 Å². The summed E-state index contributed by atoms with van der Waals surface area (Å²) in [4.78, 5) is 0. The fourth-order valence-corrected chi connectivity index (χ4v) is 1.62. The second-order valence-corrected chi connectivity index (χ2v) is 3.51. The summed E-state index contributed by atoms with van der Waals surface area (Å²) in [5.41, 5.74) is 5.44. The second kappa shape index (κ2) is 6.15. The first kappa shape index (κ1) is 13.4. The van der Waals surface area contributed by atoms with E-state index in [4.69, 9.17) is 4.74 Å². The van der Waals surface area contributed by atoms with E-state index in [0.29, 0.717) is 0 Å². The number of hydrogen-bond acceptors (Lipinski definition) is 4. The highest BCUT2D eigenvalue weighted by Crippen LogP contribution is 2.22. The zero-order valence-electron chi connectivity index (χ0n) is 11.2. The van der Waals surface area contributed by atoms with E-state index < -0.39 is 0 Å². The number of nitrogens with zero attached hydrogens (tertiary/aromatic N) is 2. The molecule has 0 bridgehead atoms. The fourth-order valence-electron chi connectivity index (χ4n) is 1.62. The van der Waals surface area contributed by atoms with Crippen LogP contribution in [0.3, 0.4) is 0 Å². The maximum absolute atomic E-state index is 5.12. The number of rotatable bonds is 2. The molecule has 1 aliphatic heterocycles. The number of methoxy groups -OCH3 is 1. The van der Waals surface area contributed by atoms with E-state index >= 15 is 0 Å². The first-order valence-corrected chi connectivity index (χ1v) is 5.80. The molecule has 0 aromatic heterocycles. The van der Waals surface area contributed by atoms with Crippen LogP contribution >= 0.6 is 0 Å². The average molecular weight is 235 g/mol. The third-order valence-corrected chi connectivity index (χ3v) is 2.37. The maximum atomic E-state index is 5.12. The van der Waals surface area contributed by atoms with Crippen LogP contribution < -0.4 is 10.3 Å². The number of benzene rings is 1. The molecular formula is C13H21N3O. The van der Waals surface area contributed by atoms with E-state index in [-0.39, 0.29) is 0 Å². The van der Waals surface area contributed by atoms with Crippen molar-refractivity contribution in [3.05, 3.63) is 36.0 Å². The molecule has 1 N–H and O–H groups in total. The molecule has 4 nitrogen and oxygen atoms in total. The summed E-state index contributed by atoms with van der Waals surface area (Å²) in [6.45, 7) is 4.00. The van der Waals surface area contributed by atoms with Crippen molar-refractivity contribution in [3.8, 4) is 5.75 Å². The quantitative estimate of drug-likeness (QED) is 0.851. The van der Waals surface area contributed by atoms with Crippen LogP contribution in [-0.4, -0.2) is 31.2 Å². The summed E-state index contributed by atoms with van der Waals surface area (Å²) in [5.74, 6) is 0.876. The molecule has 0 atom stereocenters. The molecule has 1 heterocycles. The largest absolute Gasteiger partial charge is 0.497 e. The Morgan fingerprint density at radius 3 is 2.06 bits per heavy atom. The van der Waals surface area contributed by atoms with Gasteiger partial charge in [-0.05, 0) is 24.3 Å². The normalized spacial score (nSPS) is 14.1. The summed E-state index contributed by atoms with van der Waals surface area (Å²) in [5, 5.41) is 3.89. The number of ether oxygens (including phenoxy) is 1. The summed E-state index contributed by atoms with van der Waals surface area (Å²) in [6.07, 6.45) is 2.04. The zero-order chi connectivity index (χ0) is 12.8. The summed E-state index contributed by atoms with van der Waals surface area (Å²) >= 11 is 0. The highest BCUT2D eigenvalue weighted by Gasteiger charge is 2.15. The van der Waals surface area contributed by atoms with Crippen molar-refractivity contribution in [2.45, 2.75) is 13.8 Å². The van der Waals surface area contributed by atoms with E-state index in [1.807, 2.05) is 68.4 Å². The minimum absolute atomic E-state index is 0.876. The predicted molar refractivity (Wildman–Crippen MR) is 71.0 cm³/mol. The van der Waals surface area contributed by atoms with Crippen molar-refractivity contribution in [1.82, 2.24) is 15.6 Å². The fraction of sp³-hybridized carbons (Fsp3) is 0.385. The molecule has 1 aromatic rings. The van der Waals surface area contributed by atoms with Gasteiger partial charge in [-0.3, -0.25) is 10.0 Å². The molecule has 2 rings (SSSR count). The van der Waals surface area contributed by atoms with Gasteiger partial charge in [0, 0.05) is 25.9 Å². The molecule has 17 heavy (non-hydrogen) atoms. The lowest BCUT2D eigenvalue weighted by Gasteiger charge is -2.17. The van der Waals surface area contributed by atoms with Crippen LogP contribution in [0.25, 0.3) is 5.70 Å². The zero-order valence-corrected chi connectivity index (χ0v) is 11.2. The van der Waals surface area contributed by atoms with Crippen molar-refractivity contribution < 1.29 is 4.74 Å². The van der Waals surface area contributed by atoms with Crippen LogP contribution in [0.15, 0.2) is 30.5 Å². The van der Waals surface area contributed by atoms with Crippen LogP contribution in [0.1, 0.15) is 19.4 Å². The molecule has 1 aliphatic rings. The van der Waals surface area contributed by atoms with E-state index in [1.165, 1.54) is 0 Å². The van der Waals surface area contributed by atoms with Crippen molar-refractivity contribution in [1.29, 1.82) is 0 Å². The van der Waals surface area contributed by atoms with Crippen LogP contribution in [0.2, 0.25) is 0 Å². The lowest BCUT2D eigenvalue weighted by molar-refractivity contribution is 0.199. The Morgan fingerprint density at radius 1 is 1.06 bits per heavy atom. The van der Waals surface area contributed by atoms with Crippen molar-refractivity contribution in [2.75, 3.05) is 21.2 Å². The lowest BCUT2D eigenvalue weighted by atomic mass is 10.1. The Hall–Kier alpha value is -1.68. The van der Waals surface area contributed by atoms with Gasteiger partial charge in [-0.25, -0.2) is 0 Å². The first-order valence-electron chi connectivity index (χ1n) is 5.80. The van der Waals surface area contributed by atoms with Crippen molar-refractivity contribution >= 4 is 5.70 Å². The Kier molecular flexibility index (Phi) is 4.84. The Morgan fingerprint density at radius 2 is 1.65 bits per heavy atom. The topological polar surface area (TPSA) is 27.7 Å². The van der Waals surface area contributed by atoms with Gasteiger partial charge in [-0.2, -0.15) is 0 Å². The van der Waals surface area contributed by atoms with Gasteiger partial charge in [0.15, 0.2) is 0 Å². The summed E-state index contributed by atoms with van der Waals surface area (Å²) < 4.78 is 5.12. The van der Waals surface area contributed by atoms with Crippen LogP contribution in [0.5, 0.6) is 5.75 Å². The average Bonchev–Trinajstić information content (AvgIpc) is 2.71. The molecule has 0 saturated carbocycles. The van der Waals surface area contributed by atoms with Gasteiger partial charge in [0.05, 0.1) is 12.8 Å². The molecule has 4 heteroatoms. The highest BCUT2D eigenvalue weighted by molar-refractivity contribution is 5.64. The summed E-state index contributed by atoms with van der Waals surface area (Å²) in [7, 11) is 5.62. The molecule has 0 fully saturated rings.